The zero-order chi connectivity index (χ0) is 22.0. The Balaban J connectivity index is 1.51. The molecular weight excluding hydrogens is 436 g/mol. The number of amides is 1. The first-order valence-electron chi connectivity index (χ1n) is 9.97. The fourth-order valence-corrected chi connectivity index (χ4v) is 4.75. The molecule has 1 heterocycles. The molecule has 0 bridgehead atoms. The molecule has 0 spiro atoms. The lowest BCUT2D eigenvalue weighted by molar-refractivity contribution is 0.0937. The normalized spacial score (nSPS) is 14.9. The molecule has 1 aliphatic rings. The third-order valence-corrected chi connectivity index (χ3v) is 6.96. The maximum atomic E-state index is 12.9. The molecule has 0 radical (unpaired) electrons. The topological polar surface area (TPSA) is 93.1 Å². The highest BCUT2D eigenvalue weighted by Crippen LogP contribution is 2.43. The number of nitrogens with zero attached hydrogens (tertiary/aromatic N) is 2. The first-order chi connectivity index (χ1) is 14.8. The van der Waals surface area contributed by atoms with Gasteiger partial charge in [0.25, 0.3) is 5.91 Å². The number of aromatic nitrogens is 2. The highest BCUT2D eigenvalue weighted by atomic mass is 35.5. The molecule has 4 rings (SSSR count). The predicted molar refractivity (Wildman–Crippen MR) is 118 cm³/mol. The van der Waals surface area contributed by atoms with Crippen LogP contribution in [-0.4, -0.2) is 30.7 Å². The summed E-state index contributed by atoms with van der Waals surface area (Å²) in [6, 6.07) is 14.0. The molecule has 1 aromatic heterocycles. The van der Waals surface area contributed by atoms with E-state index in [9.17, 15) is 13.2 Å². The number of carbonyl (C=O) groups excluding carboxylic acids is 1. The Kier molecular flexibility index (Phi) is 6.13. The van der Waals surface area contributed by atoms with Gasteiger partial charge in [0.15, 0.2) is 0 Å². The van der Waals surface area contributed by atoms with Crippen LogP contribution in [-0.2, 0) is 17.1 Å². The maximum Gasteiger partial charge on any atom is 0.251 e. The summed E-state index contributed by atoms with van der Waals surface area (Å²) in [6.45, 7) is -0.0130. The molecule has 0 aliphatic heterocycles. The minimum atomic E-state index is -3.76. The summed E-state index contributed by atoms with van der Waals surface area (Å²) in [6.07, 6.45) is 4.95. The van der Waals surface area contributed by atoms with Crippen molar-refractivity contribution in [3.05, 3.63) is 82.6 Å². The van der Waals surface area contributed by atoms with E-state index in [0.29, 0.717) is 16.5 Å². The molecule has 9 heteroatoms. The van der Waals surface area contributed by atoms with Crippen LogP contribution in [0.5, 0.6) is 0 Å². The van der Waals surface area contributed by atoms with Crippen LogP contribution < -0.4 is 10.0 Å². The van der Waals surface area contributed by atoms with Crippen molar-refractivity contribution in [2.75, 3.05) is 6.54 Å². The molecule has 1 unspecified atom stereocenters. The highest BCUT2D eigenvalue weighted by Gasteiger charge is 2.26. The van der Waals surface area contributed by atoms with E-state index >= 15 is 0 Å². The van der Waals surface area contributed by atoms with Crippen LogP contribution in [0, 0.1) is 0 Å². The van der Waals surface area contributed by atoms with Gasteiger partial charge in [-0.2, -0.15) is 5.10 Å². The predicted octanol–water partition coefficient (Wildman–Crippen LogP) is 3.40. The summed E-state index contributed by atoms with van der Waals surface area (Å²) in [7, 11) is -2.12. The van der Waals surface area contributed by atoms with Crippen molar-refractivity contribution in [3.63, 3.8) is 0 Å². The van der Waals surface area contributed by atoms with Gasteiger partial charge in [-0.25, -0.2) is 13.1 Å². The van der Waals surface area contributed by atoms with Gasteiger partial charge in [-0.1, -0.05) is 48.0 Å². The minimum absolute atomic E-state index is 0.0130. The summed E-state index contributed by atoms with van der Waals surface area (Å²) < 4.78 is 29.2. The SMILES string of the molecule is Cn1cc(S(=O)(=O)NCC(NC(=O)c2ccc(C3CC3)c(Cl)c2)c2ccccc2)cn1. The van der Waals surface area contributed by atoms with Crippen molar-refractivity contribution in [3.8, 4) is 0 Å². The van der Waals surface area contributed by atoms with E-state index in [1.165, 1.54) is 17.1 Å². The average molecular weight is 459 g/mol. The maximum absolute atomic E-state index is 12.9. The van der Waals surface area contributed by atoms with E-state index in [2.05, 4.69) is 15.1 Å². The zero-order valence-corrected chi connectivity index (χ0v) is 18.5. The summed E-state index contributed by atoms with van der Waals surface area (Å²) >= 11 is 6.37. The van der Waals surface area contributed by atoms with Gasteiger partial charge in [0.2, 0.25) is 10.0 Å². The van der Waals surface area contributed by atoms with Gasteiger partial charge in [0, 0.05) is 30.4 Å². The summed E-state index contributed by atoms with van der Waals surface area (Å²) in [5, 5.41) is 7.42. The average Bonchev–Trinajstić information content (AvgIpc) is 3.50. The van der Waals surface area contributed by atoms with Crippen LogP contribution in [0.4, 0.5) is 0 Å². The molecule has 2 N–H and O–H groups in total. The van der Waals surface area contributed by atoms with E-state index in [-0.39, 0.29) is 17.3 Å². The zero-order valence-electron chi connectivity index (χ0n) is 17.0. The lowest BCUT2D eigenvalue weighted by Gasteiger charge is -2.20. The van der Waals surface area contributed by atoms with Crippen molar-refractivity contribution in [1.82, 2.24) is 19.8 Å². The fourth-order valence-electron chi connectivity index (χ4n) is 3.39. The van der Waals surface area contributed by atoms with Gasteiger partial charge in [-0.05, 0) is 42.0 Å². The Morgan fingerprint density at radius 2 is 1.97 bits per heavy atom. The molecule has 31 heavy (non-hydrogen) atoms. The summed E-state index contributed by atoms with van der Waals surface area (Å²) in [5.74, 6) is 0.169. The molecule has 7 nitrogen and oxygen atoms in total. The quantitative estimate of drug-likeness (QED) is 0.541. The van der Waals surface area contributed by atoms with Gasteiger partial charge in [-0.3, -0.25) is 9.48 Å². The van der Waals surface area contributed by atoms with E-state index in [1.54, 1.807) is 19.2 Å². The molecule has 1 fully saturated rings. The van der Waals surface area contributed by atoms with Crippen LogP contribution in [0.3, 0.4) is 0 Å². The molecule has 0 saturated heterocycles. The lowest BCUT2D eigenvalue weighted by Crippen LogP contribution is -2.37. The Labute approximate surface area is 186 Å². The van der Waals surface area contributed by atoms with E-state index < -0.39 is 16.1 Å². The number of carbonyl (C=O) groups is 1. The third kappa shape index (κ3) is 5.15. The largest absolute Gasteiger partial charge is 0.344 e. The standard InChI is InChI=1S/C22H23ClN4O3S/c1-27-14-18(12-24-27)31(29,30)25-13-21(16-5-3-2-4-6-16)26-22(28)17-9-10-19(15-7-8-15)20(23)11-17/h2-6,9-12,14-15,21,25H,7-8,13H2,1H3,(H,26,28). The molecule has 162 valence electrons. The number of hydrogen-bond donors (Lipinski definition) is 2. The van der Waals surface area contributed by atoms with Crippen molar-refractivity contribution in [2.45, 2.75) is 29.7 Å². The Morgan fingerprint density at radius 1 is 1.23 bits per heavy atom. The number of aryl methyl sites for hydroxylation is 1. The van der Waals surface area contributed by atoms with Crippen LogP contribution in [0.2, 0.25) is 5.02 Å². The van der Waals surface area contributed by atoms with Crippen molar-refractivity contribution >= 4 is 27.5 Å². The highest BCUT2D eigenvalue weighted by molar-refractivity contribution is 7.89. The Bertz CT molecular complexity index is 1190. The van der Waals surface area contributed by atoms with Crippen molar-refractivity contribution in [1.29, 1.82) is 0 Å². The smallest absolute Gasteiger partial charge is 0.251 e. The first kappa shape index (κ1) is 21.5. The van der Waals surface area contributed by atoms with Gasteiger partial charge in [0.05, 0.1) is 12.2 Å². The van der Waals surface area contributed by atoms with Gasteiger partial charge >= 0.3 is 0 Å². The van der Waals surface area contributed by atoms with Crippen LogP contribution in [0.1, 0.15) is 46.3 Å². The number of sulfonamides is 1. The number of nitrogens with one attached hydrogen (secondary N) is 2. The van der Waals surface area contributed by atoms with Gasteiger partial charge < -0.3 is 5.32 Å². The monoisotopic (exact) mass is 458 g/mol. The van der Waals surface area contributed by atoms with Crippen LogP contribution in [0.25, 0.3) is 0 Å². The number of benzene rings is 2. The molecule has 1 aliphatic carbocycles. The Hall–Kier alpha value is -2.68. The molecular formula is C22H23ClN4O3S. The Morgan fingerprint density at radius 3 is 2.58 bits per heavy atom. The second-order valence-corrected chi connectivity index (χ2v) is 9.82. The van der Waals surface area contributed by atoms with Crippen molar-refractivity contribution < 1.29 is 13.2 Å². The lowest BCUT2D eigenvalue weighted by atomic mass is 10.0. The molecule has 1 atom stereocenters. The number of hydrogen-bond acceptors (Lipinski definition) is 4. The van der Waals surface area contributed by atoms with Crippen LogP contribution >= 0.6 is 11.6 Å². The molecule has 1 saturated carbocycles. The second-order valence-electron chi connectivity index (χ2n) is 7.65. The molecule has 3 aromatic rings. The second kappa shape index (κ2) is 8.82. The molecule has 1 amide bonds. The van der Waals surface area contributed by atoms with Crippen LogP contribution in [0.15, 0.2) is 65.8 Å². The fraction of sp³-hybridized carbons (Fsp3) is 0.273. The van der Waals surface area contributed by atoms with E-state index in [1.807, 2.05) is 36.4 Å². The number of halogens is 1. The summed E-state index contributed by atoms with van der Waals surface area (Å²) in [5.41, 5.74) is 2.29. The van der Waals surface area contributed by atoms with Gasteiger partial charge in [-0.15, -0.1) is 0 Å². The first-order valence-corrected chi connectivity index (χ1v) is 11.8. The summed E-state index contributed by atoms with van der Waals surface area (Å²) in [4.78, 5) is 13.0. The third-order valence-electron chi connectivity index (χ3n) is 5.26. The minimum Gasteiger partial charge on any atom is -0.344 e. The van der Waals surface area contributed by atoms with E-state index in [4.69, 9.17) is 11.6 Å². The molecule has 2 aromatic carbocycles. The van der Waals surface area contributed by atoms with Crippen molar-refractivity contribution in [2.24, 2.45) is 7.05 Å². The van der Waals surface area contributed by atoms with E-state index in [0.717, 1.165) is 24.0 Å². The number of rotatable bonds is 8. The van der Waals surface area contributed by atoms with Gasteiger partial charge in [0.1, 0.15) is 4.90 Å².